The molecule has 0 saturated carbocycles. The van der Waals surface area contributed by atoms with Crippen LogP contribution in [0.2, 0.25) is 0 Å². The largest absolute Gasteiger partial charge is 0.489 e. The van der Waals surface area contributed by atoms with E-state index in [-0.39, 0.29) is 6.04 Å². The van der Waals surface area contributed by atoms with E-state index in [0.717, 1.165) is 17.2 Å². The molecule has 1 atom stereocenters. The van der Waals surface area contributed by atoms with Crippen molar-refractivity contribution in [1.29, 1.82) is 0 Å². The van der Waals surface area contributed by atoms with Crippen molar-refractivity contribution in [2.75, 3.05) is 0 Å². The monoisotopic (exact) mass is 322 g/mol. The molecule has 124 valence electrons. The van der Waals surface area contributed by atoms with Crippen molar-refractivity contribution in [3.63, 3.8) is 0 Å². The molecule has 1 N–H and O–H groups in total. The normalized spacial score (nSPS) is 12.1. The maximum absolute atomic E-state index is 5.82. The van der Waals surface area contributed by atoms with Crippen LogP contribution in [0.15, 0.2) is 65.2 Å². The summed E-state index contributed by atoms with van der Waals surface area (Å²) in [6.07, 6.45) is 0. The van der Waals surface area contributed by atoms with Gasteiger partial charge in [0.2, 0.25) is 0 Å². The minimum Gasteiger partial charge on any atom is -0.489 e. The Hall–Kier alpha value is -2.59. The number of ether oxygens (including phenoxy) is 1. The average Bonchev–Trinajstić information content (AvgIpc) is 3.04. The van der Waals surface area contributed by atoms with Gasteiger partial charge in [-0.25, -0.2) is 0 Å². The summed E-state index contributed by atoms with van der Waals surface area (Å²) in [7, 11) is 0. The van der Waals surface area contributed by atoms with E-state index in [1.54, 1.807) is 0 Å². The molecule has 0 aliphatic carbocycles. The quantitative estimate of drug-likeness (QED) is 0.700. The second kappa shape index (κ2) is 7.79. The highest BCUT2D eigenvalue weighted by molar-refractivity contribution is 5.29. The van der Waals surface area contributed by atoms with Gasteiger partial charge >= 0.3 is 0 Å². The van der Waals surface area contributed by atoms with Gasteiger partial charge in [-0.15, -0.1) is 0 Å². The van der Waals surface area contributed by atoms with Crippen molar-refractivity contribution < 1.29 is 9.26 Å². The van der Waals surface area contributed by atoms with E-state index in [9.17, 15) is 0 Å². The minimum atomic E-state index is 0.221. The zero-order valence-electron chi connectivity index (χ0n) is 14.0. The van der Waals surface area contributed by atoms with E-state index in [0.29, 0.717) is 13.2 Å². The maximum atomic E-state index is 5.82. The lowest BCUT2D eigenvalue weighted by Gasteiger charge is -2.14. The Labute approximate surface area is 142 Å². The molecule has 0 aliphatic rings. The summed E-state index contributed by atoms with van der Waals surface area (Å²) in [6, 6.07) is 20.5. The molecule has 3 rings (SSSR count). The highest BCUT2D eigenvalue weighted by Gasteiger charge is 2.07. The van der Waals surface area contributed by atoms with Crippen LogP contribution >= 0.6 is 0 Å². The molecule has 0 saturated heterocycles. The van der Waals surface area contributed by atoms with Crippen LogP contribution in [0.1, 0.15) is 35.5 Å². The van der Waals surface area contributed by atoms with Crippen molar-refractivity contribution >= 4 is 0 Å². The standard InChI is InChI=1S/C20H22N2O2/c1-15-12-20(24-22-15)13-21-16(2)18-8-10-19(11-9-18)23-14-17-6-4-3-5-7-17/h3-12,16,21H,13-14H2,1-2H3. The van der Waals surface area contributed by atoms with E-state index < -0.39 is 0 Å². The number of nitrogens with zero attached hydrogens (tertiary/aromatic N) is 1. The summed E-state index contributed by atoms with van der Waals surface area (Å²) in [5, 5.41) is 7.32. The zero-order chi connectivity index (χ0) is 16.8. The fourth-order valence-electron chi connectivity index (χ4n) is 2.46. The van der Waals surface area contributed by atoms with Gasteiger partial charge in [-0.3, -0.25) is 0 Å². The SMILES string of the molecule is Cc1cc(CNC(C)c2ccc(OCc3ccccc3)cc2)on1. The predicted molar refractivity (Wildman–Crippen MR) is 93.7 cm³/mol. The molecule has 0 bridgehead atoms. The van der Waals surface area contributed by atoms with Gasteiger partial charge in [0.15, 0.2) is 5.76 Å². The van der Waals surface area contributed by atoms with Gasteiger partial charge < -0.3 is 14.6 Å². The Bertz CT molecular complexity index is 751. The van der Waals surface area contributed by atoms with Crippen LogP contribution in [0.4, 0.5) is 0 Å². The molecule has 0 radical (unpaired) electrons. The van der Waals surface area contributed by atoms with Crippen molar-refractivity contribution in [3.05, 3.63) is 83.2 Å². The lowest BCUT2D eigenvalue weighted by molar-refractivity contribution is 0.306. The molecule has 2 aromatic carbocycles. The smallest absolute Gasteiger partial charge is 0.150 e. The van der Waals surface area contributed by atoms with E-state index in [2.05, 4.69) is 41.7 Å². The van der Waals surface area contributed by atoms with Gasteiger partial charge in [0, 0.05) is 12.1 Å². The number of benzene rings is 2. The third-order valence-corrected chi connectivity index (χ3v) is 3.89. The van der Waals surface area contributed by atoms with Gasteiger partial charge in [0.1, 0.15) is 12.4 Å². The van der Waals surface area contributed by atoms with Gasteiger partial charge in [0.05, 0.1) is 12.2 Å². The lowest BCUT2D eigenvalue weighted by Crippen LogP contribution is -2.17. The summed E-state index contributed by atoms with van der Waals surface area (Å²) >= 11 is 0. The Morgan fingerprint density at radius 3 is 2.50 bits per heavy atom. The topological polar surface area (TPSA) is 47.3 Å². The van der Waals surface area contributed by atoms with Crippen LogP contribution in [-0.2, 0) is 13.2 Å². The molecule has 1 heterocycles. The fourth-order valence-corrected chi connectivity index (χ4v) is 2.46. The van der Waals surface area contributed by atoms with Crippen molar-refractivity contribution in [1.82, 2.24) is 10.5 Å². The van der Waals surface area contributed by atoms with Crippen molar-refractivity contribution in [2.45, 2.75) is 33.0 Å². The summed E-state index contributed by atoms with van der Waals surface area (Å²) in [6.45, 7) is 5.29. The summed E-state index contributed by atoms with van der Waals surface area (Å²) in [5.41, 5.74) is 3.27. The molecule has 24 heavy (non-hydrogen) atoms. The van der Waals surface area contributed by atoms with Gasteiger partial charge in [-0.1, -0.05) is 47.6 Å². The van der Waals surface area contributed by atoms with E-state index in [4.69, 9.17) is 9.26 Å². The number of rotatable bonds is 7. The first-order valence-corrected chi connectivity index (χ1v) is 8.13. The van der Waals surface area contributed by atoms with Crippen molar-refractivity contribution in [2.24, 2.45) is 0 Å². The highest BCUT2D eigenvalue weighted by Crippen LogP contribution is 2.19. The first-order valence-electron chi connectivity index (χ1n) is 8.13. The van der Waals surface area contributed by atoms with Gasteiger partial charge in [-0.2, -0.15) is 0 Å². The van der Waals surface area contributed by atoms with Crippen LogP contribution in [0.25, 0.3) is 0 Å². The molecule has 4 heteroatoms. The van der Waals surface area contributed by atoms with Crippen LogP contribution in [0, 0.1) is 6.92 Å². The summed E-state index contributed by atoms with van der Waals surface area (Å²) in [5.74, 6) is 1.72. The Morgan fingerprint density at radius 1 is 1.08 bits per heavy atom. The molecule has 3 aromatic rings. The van der Waals surface area contributed by atoms with Crippen LogP contribution in [0.3, 0.4) is 0 Å². The number of aromatic nitrogens is 1. The molecule has 0 spiro atoms. The second-order valence-electron chi connectivity index (χ2n) is 5.88. The summed E-state index contributed by atoms with van der Waals surface area (Å²) in [4.78, 5) is 0. The lowest BCUT2D eigenvalue weighted by atomic mass is 10.1. The van der Waals surface area contributed by atoms with E-state index in [1.165, 1.54) is 11.1 Å². The Kier molecular flexibility index (Phi) is 5.29. The van der Waals surface area contributed by atoms with E-state index in [1.807, 2.05) is 43.3 Å². The molecule has 1 unspecified atom stereocenters. The Balaban J connectivity index is 1.51. The summed E-state index contributed by atoms with van der Waals surface area (Å²) < 4.78 is 11.0. The van der Waals surface area contributed by atoms with Crippen LogP contribution in [-0.4, -0.2) is 5.16 Å². The van der Waals surface area contributed by atoms with Crippen molar-refractivity contribution in [3.8, 4) is 5.75 Å². The van der Waals surface area contributed by atoms with E-state index >= 15 is 0 Å². The predicted octanol–water partition coefficient (Wildman–Crippen LogP) is 4.41. The molecule has 4 nitrogen and oxygen atoms in total. The van der Waals surface area contributed by atoms with Crippen LogP contribution < -0.4 is 10.1 Å². The van der Waals surface area contributed by atoms with Crippen LogP contribution in [0.5, 0.6) is 5.75 Å². The number of hydrogen-bond donors (Lipinski definition) is 1. The second-order valence-corrected chi connectivity index (χ2v) is 5.88. The molecule has 0 amide bonds. The maximum Gasteiger partial charge on any atom is 0.150 e. The third kappa shape index (κ3) is 4.46. The first kappa shape index (κ1) is 16.3. The molecule has 0 aliphatic heterocycles. The molecule has 0 fully saturated rings. The zero-order valence-corrected chi connectivity index (χ0v) is 14.0. The number of nitrogens with one attached hydrogen (secondary N) is 1. The Morgan fingerprint density at radius 2 is 1.83 bits per heavy atom. The molecule has 1 aromatic heterocycles. The third-order valence-electron chi connectivity index (χ3n) is 3.89. The average molecular weight is 322 g/mol. The fraction of sp³-hybridized carbons (Fsp3) is 0.250. The highest BCUT2D eigenvalue weighted by atomic mass is 16.5. The molecular weight excluding hydrogens is 300 g/mol. The molecular formula is C20H22N2O2. The number of aryl methyl sites for hydroxylation is 1. The minimum absolute atomic E-state index is 0.221. The number of hydrogen-bond acceptors (Lipinski definition) is 4. The first-order chi connectivity index (χ1) is 11.7. The van der Waals surface area contributed by atoms with Gasteiger partial charge in [0.25, 0.3) is 0 Å². The van der Waals surface area contributed by atoms with Gasteiger partial charge in [-0.05, 0) is 37.1 Å².